The van der Waals surface area contributed by atoms with Gasteiger partial charge in [-0.1, -0.05) is 32.0 Å². The lowest BCUT2D eigenvalue weighted by molar-refractivity contribution is -0.141. The van der Waals surface area contributed by atoms with Crippen LogP contribution in [0.3, 0.4) is 0 Å². The molecule has 10 rings (SSSR count). The predicted molar refractivity (Wildman–Crippen MR) is 266 cm³/mol. The van der Waals surface area contributed by atoms with Crippen LogP contribution < -0.4 is 15.4 Å². The molecule has 5 aliphatic rings. The molecule has 4 saturated heterocycles. The van der Waals surface area contributed by atoms with Crippen LogP contribution in [0.15, 0.2) is 48.7 Å². The Kier molecular flexibility index (Phi) is 13.0. The molecule has 0 radical (unpaired) electrons. The van der Waals surface area contributed by atoms with E-state index in [0.717, 1.165) is 55.5 Å². The smallest absolute Gasteiger partial charge is 0.407 e. The number of nitrogens with zero attached hydrogens (tertiary/aromatic N) is 4. The van der Waals surface area contributed by atoms with Gasteiger partial charge < -0.3 is 54.5 Å². The molecule has 12 atom stereocenters. The monoisotopic (exact) mass is 973 g/mol. The third-order valence-electron chi connectivity index (χ3n) is 16.5. The zero-order valence-corrected chi connectivity index (χ0v) is 42.2. The summed E-state index contributed by atoms with van der Waals surface area (Å²) in [5.74, 6) is 1.81. The van der Waals surface area contributed by atoms with Gasteiger partial charge in [0.1, 0.15) is 36.1 Å². The molecule has 0 unspecified atom stereocenters. The van der Waals surface area contributed by atoms with Crippen LogP contribution in [0.5, 0.6) is 5.75 Å². The number of rotatable bonds is 9. The molecular weight excluding hydrogens is 905 g/mol. The number of H-pyrrole nitrogens is 2. The van der Waals surface area contributed by atoms with E-state index >= 15 is 0 Å². The summed E-state index contributed by atoms with van der Waals surface area (Å²) in [6, 6.07) is 12.1. The van der Waals surface area contributed by atoms with E-state index in [1.165, 1.54) is 7.11 Å². The van der Waals surface area contributed by atoms with Crippen molar-refractivity contribution in [3.8, 4) is 28.1 Å². The van der Waals surface area contributed by atoms with Gasteiger partial charge in [-0.05, 0) is 150 Å². The van der Waals surface area contributed by atoms with Crippen molar-refractivity contribution in [3.63, 3.8) is 0 Å². The van der Waals surface area contributed by atoms with Gasteiger partial charge >= 0.3 is 12.2 Å². The number of aromatic nitrogens is 4. The normalized spacial score (nSPS) is 30.3. The lowest BCUT2D eigenvalue weighted by Crippen LogP contribution is -2.55. The SMILES string of the molecule is COC(=O)N[C@H](C(=O)N1[C@H](c2nc3c(ccc4cc5c(cc43)OCc3cc(-c4cnc([C@H]6C[C@@H](C)[C@@H](C)N6C(=O)[C@@H](NC(=O)O)C6C[C@@H](C)O[C@H](C)C6)[nH]4)ccc3-5)[nH]2)C[C@H](C)[C@@H]1C)C1C[C@@H](C)O[C@H](C)C1. The van der Waals surface area contributed by atoms with Crippen LogP contribution in [0.1, 0.15) is 123 Å². The van der Waals surface area contributed by atoms with Gasteiger partial charge in [0.15, 0.2) is 0 Å². The Morgan fingerprint density at radius 1 is 0.718 bits per heavy atom. The van der Waals surface area contributed by atoms with Crippen molar-refractivity contribution in [2.24, 2.45) is 23.7 Å². The number of methoxy groups -OCH3 is 1. The first-order valence-corrected chi connectivity index (χ1v) is 25.5. The second-order valence-electron chi connectivity index (χ2n) is 21.4. The molecule has 0 spiro atoms. The van der Waals surface area contributed by atoms with Crippen LogP contribution in [0.4, 0.5) is 9.59 Å². The summed E-state index contributed by atoms with van der Waals surface area (Å²) in [7, 11) is 1.32. The maximum Gasteiger partial charge on any atom is 0.407 e. The molecule has 3 aromatic carbocycles. The largest absolute Gasteiger partial charge is 0.488 e. The van der Waals surface area contributed by atoms with Gasteiger partial charge in [-0.25, -0.2) is 19.6 Å². The minimum Gasteiger partial charge on any atom is -0.488 e. The number of hydrogen-bond donors (Lipinski definition) is 5. The molecule has 0 aliphatic carbocycles. The minimum absolute atomic E-state index is 0.0460. The van der Waals surface area contributed by atoms with Crippen molar-refractivity contribution in [3.05, 3.63) is 65.9 Å². The van der Waals surface area contributed by atoms with Gasteiger partial charge in [-0.15, -0.1) is 0 Å². The zero-order chi connectivity index (χ0) is 50.2. The molecule has 4 amide bonds. The van der Waals surface area contributed by atoms with E-state index in [2.05, 4.69) is 77.8 Å². The summed E-state index contributed by atoms with van der Waals surface area (Å²) in [4.78, 5) is 75.1. The molecule has 378 valence electrons. The quantitative estimate of drug-likeness (QED) is 0.0940. The number of carboxylic acid groups (broad SMARTS) is 1. The predicted octanol–water partition coefficient (Wildman–Crippen LogP) is 9.03. The highest BCUT2D eigenvalue weighted by Gasteiger charge is 2.48. The highest BCUT2D eigenvalue weighted by atomic mass is 16.5. The fourth-order valence-electron chi connectivity index (χ4n) is 12.8. The zero-order valence-electron chi connectivity index (χ0n) is 42.2. The van der Waals surface area contributed by atoms with Crippen LogP contribution in [0.2, 0.25) is 0 Å². The fourth-order valence-corrected chi connectivity index (χ4v) is 12.8. The number of imidazole rings is 2. The van der Waals surface area contributed by atoms with Crippen LogP contribution in [0, 0.1) is 23.7 Å². The molecule has 2 aromatic heterocycles. The fraction of sp³-hybridized carbons (Fsp3) is 0.556. The number of aromatic amines is 2. The van der Waals surface area contributed by atoms with Gasteiger partial charge in [0, 0.05) is 23.0 Å². The van der Waals surface area contributed by atoms with Gasteiger partial charge in [0.2, 0.25) is 11.8 Å². The van der Waals surface area contributed by atoms with Crippen molar-refractivity contribution in [2.45, 2.75) is 161 Å². The van der Waals surface area contributed by atoms with Crippen LogP contribution in [0.25, 0.3) is 44.2 Å². The summed E-state index contributed by atoms with van der Waals surface area (Å²) >= 11 is 0. The molecule has 5 aliphatic heterocycles. The second kappa shape index (κ2) is 19.1. The van der Waals surface area contributed by atoms with Crippen LogP contribution in [-0.4, -0.2) is 115 Å². The molecule has 17 nitrogen and oxygen atoms in total. The molecule has 0 saturated carbocycles. The number of carbonyl (C=O) groups is 4. The van der Waals surface area contributed by atoms with Crippen molar-refractivity contribution in [1.29, 1.82) is 0 Å². The lowest BCUT2D eigenvalue weighted by atomic mass is 9.85. The summed E-state index contributed by atoms with van der Waals surface area (Å²) in [6.07, 6.45) is 3.58. The number of hydrogen-bond acceptors (Lipinski definition) is 10. The van der Waals surface area contributed by atoms with E-state index < -0.39 is 24.3 Å². The number of likely N-dealkylation sites (tertiary alicyclic amines) is 2. The first kappa shape index (κ1) is 48.4. The lowest BCUT2D eigenvalue weighted by Gasteiger charge is -2.39. The van der Waals surface area contributed by atoms with E-state index in [4.69, 9.17) is 28.9 Å². The number of carbonyl (C=O) groups excluding carboxylic acids is 3. The van der Waals surface area contributed by atoms with Gasteiger partial charge in [0.25, 0.3) is 0 Å². The highest BCUT2D eigenvalue weighted by Crippen LogP contribution is 2.46. The Bertz CT molecular complexity index is 2840. The first-order chi connectivity index (χ1) is 34.0. The summed E-state index contributed by atoms with van der Waals surface area (Å²) in [5.41, 5.74) is 6.46. The average Bonchev–Trinajstić information content (AvgIpc) is 4.13. The number of alkyl carbamates (subject to hydrolysis) is 1. The van der Waals surface area contributed by atoms with Crippen LogP contribution >= 0.6 is 0 Å². The highest BCUT2D eigenvalue weighted by molar-refractivity contribution is 6.07. The van der Waals surface area contributed by atoms with E-state index in [1.807, 2.05) is 56.7 Å². The third-order valence-corrected chi connectivity index (χ3v) is 16.5. The van der Waals surface area contributed by atoms with E-state index in [0.29, 0.717) is 56.8 Å². The summed E-state index contributed by atoms with van der Waals surface area (Å²) in [6.45, 7) is 16.7. The Morgan fingerprint density at radius 3 is 1.90 bits per heavy atom. The molecule has 5 aromatic rings. The van der Waals surface area contributed by atoms with Gasteiger partial charge in [-0.2, -0.15) is 0 Å². The standard InChI is InChI=1S/C54H68N8O9/c1-25-14-43(61(31(25)7)51(63)46(59-53(65)66)35-16-27(3)70-28(4)17-35)49-55-23-42(57-49)34-10-12-38-37(20-34)24-69-45-22-39-33(21-40(38)45)11-13-41-48(39)58-50(56-41)44-15-26(2)32(8)62(44)52(64)47(60-54(67)68-9)36-18-29(5)71-30(6)19-36/h10-13,20-23,25-32,35-36,43-44,46-47,59H,14-19,24H2,1-9H3,(H,55,57)(H,56,58)(H,60,67)(H,65,66)/t25-,26+,27-,28-,29-,30-,31-,32+,43-,44+,46+,47+/m1/s1. The number of benzene rings is 3. The molecule has 0 bridgehead atoms. The maximum atomic E-state index is 14.8. The molecule has 5 N–H and O–H groups in total. The van der Waals surface area contributed by atoms with Crippen molar-refractivity contribution in [1.82, 2.24) is 40.4 Å². The summed E-state index contributed by atoms with van der Waals surface area (Å²) in [5, 5.41) is 17.3. The number of fused-ring (bicyclic) bond motifs is 6. The van der Waals surface area contributed by atoms with Crippen molar-refractivity contribution < 1.29 is 43.2 Å². The Balaban J connectivity index is 0.905. The van der Waals surface area contributed by atoms with E-state index in [-0.39, 0.29) is 84.1 Å². The molecule has 4 fully saturated rings. The van der Waals surface area contributed by atoms with E-state index in [1.54, 1.807) is 0 Å². The first-order valence-electron chi connectivity index (χ1n) is 25.5. The topological polar surface area (TPSA) is 213 Å². The van der Waals surface area contributed by atoms with Gasteiger partial charge in [-0.3, -0.25) is 9.59 Å². The number of nitrogens with one attached hydrogen (secondary N) is 4. The van der Waals surface area contributed by atoms with E-state index in [9.17, 15) is 24.3 Å². The maximum absolute atomic E-state index is 14.8. The molecule has 7 heterocycles. The van der Waals surface area contributed by atoms with Crippen LogP contribution in [-0.2, 0) is 30.4 Å². The number of amides is 4. The van der Waals surface area contributed by atoms with Gasteiger partial charge in [0.05, 0.1) is 66.5 Å². The second-order valence-corrected chi connectivity index (χ2v) is 21.4. The third kappa shape index (κ3) is 9.08. The summed E-state index contributed by atoms with van der Waals surface area (Å²) < 4.78 is 23.5. The Morgan fingerprint density at radius 2 is 1.31 bits per heavy atom. The van der Waals surface area contributed by atoms with Crippen molar-refractivity contribution in [2.75, 3.05) is 7.11 Å². The molecule has 17 heteroatoms. The molecule has 71 heavy (non-hydrogen) atoms. The minimum atomic E-state index is -1.22. The average molecular weight is 973 g/mol. The molecular formula is C54H68N8O9. The number of ether oxygens (including phenoxy) is 4. The Hall–Kier alpha value is -6.20. The van der Waals surface area contributed by atoms with Crippen molar-refractivity contribution >= 4 is 45.8 Å². The Labute approximate surface area is 414 Å².